The Hall–Kier alpha value is -4.47. The third-order valence-corrected chi connectivity index (χ3v) is 6.68. The first-order valence-corrected chi connectivity index (χ1v) is 12.7. The van der Waals surface area contributed by atoms with E-state index in [0.717, 1.165) is 0 Å². The van der Waals surface area contributed by atoms with Crippen LogP contribution in [-0.2, 0) is 16.4 Å². The van der Waals surface area contributed by atoms with Gasteiger partial charge in [-0.1, -0.05) is 68.1 Å². The van der Waals surface area contributed by atoms with E-state index in [4.69, 9.17) is 25.8 Å². The Kier molecular flexibility index (Phi) is 8.67. The summed E-state index contributed by atoms with van der Waals surface area (Å²) in [7, 11) is -2.36. The van der Waals surface area contributed by atoms with Crippen molar-refractivity contribution >= 4 is 21.6 Å². The van der Waals surface area contributed by atoms with Crippen LogP contribution in [0, 0.1) is 5.41 Å². The summed E-state index contributed by atoms with van der Waals surface area (Å²) in [5, 5.41) is 13.0. The van der Waals surface area contributed by atoms with Crippen molar-refractivity contribution in [3.8, 4) is 28.4 Å². The van der Waals surface area contributed by atoms with Crippen LogP contribution >= 0.6 is 0 Å². The van der Waals surface area contributed by atoms with E-state index < -0.39 is 10.0 Å². The Morgan fingerprint density at radius 2 is 1.58 bits per heavy atom. The van der Waals surface area contributed by atoms with E-state index in [2.05, 4.69) is 0 Å². The standard InChI is InChI=1S/C28H25N3O5S.CH4/c1-35-22-14-13-20(26(17-22)36-23-6-4-5-21(15-23)28(29)30)16-25(32)19-11-9-18(10-12-19)24-7-2-3-8-27(24)37(31,33)34;/h2-15,17H,16H2,1H3,(H3,29,30)(H2,31,33,34);1H4. The summed E-state index contributed by atoms with van der Waals surface area (Å²) in [5.74, 6) is 1.23. The Balaban J connectivity index is 0.00000400. The van der Waals surface area contributed by atoms with Crippen LogP contribution in [-0.4, -0.2) is 27.1 Å². The maximum Gasteiger partial charge on any atom is 0.238 e. The Morgan fingerprint density at radius 1 is 0.868 bits per heavy atom. The van der Waals surface area contributed by atoms with Gasteiger partial charge in [0.25, 0.3) is 0 Å². The third-order valence-electron chi connectivity index (χ3n) is 5.71. The summed E-state index contributed by atoms with van der Waals surface area (Å²) < 4.78 is 35.3. The minimum atomic E-state index is -3.90. The van der Waals surface area contributed by atoms with Gasteiger partial charge in [-0.25, -0.2) is 13.6 Å². The molecule has 8 nitrogen and oxygen atoms in total. The molecule has 4 rings (SSSR count). The lowest BCUT2D eigenvalue weighted by Crippen LogP contribution is -2.13. The average Bonchev–Trinajstić information content (AvgIpc) is 2.89. The van der Waals surface area contributed by atoms with Crippen LogP contribution in [0.25, 0.3) is 11.1 Å². The molecule has 0 aliphatic heterocycles. The Labute approximate surface area is 222 Å². The van der Waals surface area contributed by atoms with Crippen molar-refractivity contribution in [3.05, 3.63) is 108 Å². The van der Waals surface area contributed by atoms with Crippen LogP contribution in [0.5, 0.6) is 17.2 Å². The highest BCUT2D eigenvalue weighted by Crippen LogP contribution is 2.31. The van der Waals surface area contributed by atoms with Crippen molar-refractivity contribution in [2.45, 2.75) is 18.7 Å². The normalized spacial score (nSPS) is 10.8. The molecule has 0 saturated carbocycles. The number of carbonyl (C=O) groups is 1. The van der Waals surface area contributed by atoms with Gasteiger partial charge in [0.1, 0.15) is 23.1 Å². The van der Waals surface area contributed by atoms with Gasteiger partial charge in [-0.05, 0) is 29.8 Å². The van der Waals surface area contributed by atoms with Gasteiger partial charge in [-0.2, -0.15) is 0 Å². The molecule has 0 radical (unpaired) electrons. The quantitative estimate of drug-likeness (QED) is 0.155. The molecule has 4 aromatic rings. The monoisotopic (exact) mass is 531 g/mol. The second-order valence-corrected chi connectivity index (χ2v) is 9.77. The Morgan fingerprint density at radius 3 is 2.24 bits per heavy atom. The van der Waals surface area contributed by atoms with Gasteiger partial charge in [0.2, 0.25) is 10.0 Å². The molecule has 0 aromatic heterocycles. The molecule has 5 N–H and O–H groups in total. The number of nitrogens with one attached hydrogen (secondary N) is 1. The molecule has 0 amide bonds. The predicted molar refractivity (Wildman–Crippen MR) is 149 cm³/mol. The highest BCUT2D eigenvalue weighted by Gasteiger charge is 2.17. The fourth-order valence-electron chi connectivity index (χ4n) is 3.82. The molecule has 0 fully saturated rings. The number of ketones is 1. The molecule has 0 aliphatic carbocycles. The molecule has 0 atom stereocenters. The fraction of sp³-hybridized carbons (Fsp3) is 0.103. The molecule has 0 saturated heterocycles. The number of carbonyl (C=O) groups excluding carboxylic acids is 1. The number of rotatable bonds is 9. The molecular weight excluding hydrogens is 502 g/mol. The summed E-state index contributed by atoms with van der Waals surface area (Å²) >= 11 is 0. The van der Waals surface area contributed by atoms with Crippen molar-refractivity contribution in [3.63, 3.8) is 0 Å². The minimum absolute atomic E-state index is 0. The van der Waals surface area contributed by atoms with E-state index >= 15 is 0 Å². The molecule has 0 spiro atoms. The summed E-state index contributed by atoms with van der Waals surface area (Å²) in [6, 6.07) is 25.1. The number of primary sulfonamides is 1. The number of ether oxygens (including phenoxy) is 2. The highest BCUT2D eigenvalue weighted by atomic mass is 32.2. The lowest BCUT2D eigenvalue weighted by Gasteiger charge is -2.13. The van der Waals surface area contributed by atoms with Crippen LogP contribution in [0.4, 0.5) is 0 Å². The van der Waals surface area contributed by atoms with E-state index in [1.807, 2.05) is 0 Å². The largest absolute Gasteiger partial charge is 0.497 e. The van der Waals surface area contributed by atoms with Gasteiger partial charge >= 0.3 is 0 Å². The van der Waals surface area contributed by atoms with E-state index in [1.165, 1.54) is 13.2 Å². The van der Waals surface area contributed by atoms with Crippen molar-refractivity contribution in [1.29, 1.82) is 5.41 Å². The summed E-state index contributed by atoms with van der Waals surface area (Å²) in [6.07, 6.45) is 0.0544. The smallest absolute Gasteiger partial charge is 0.238 e. The molecule has 38 heavy (non-hydrogen) atoms. The molecular formula is C29H29N3O5S. The fourth-order valence-corrected chi connectivity index (χ4v) is 4.58. The summed E-state index contributed by atoms with van der Waals surface area (Å²) in [6.45, 7) is 0. The number of nitrogen functional groups attached to an aromatic ring is 1. The number of hydrogen-bond acceptors (Lipinski definition) is 6. The van der Waals surface area contributed by atoms with Crippen LogP contribution in [0.1, 0.15) is 28.9 Å². The van der Waals surface area contributed by atoms with Gasteiger partial charge < -0.3 is 15.2 Å². The maximum absolute atomic E-state index is 13.1. The third kappa shape index (κ3) is 6.44. The van der Waals surface area contributed by atoms with Gasteiger partial charge in [-0.3, -0.25) is 10.2 Å². The van der Waals surface area contributed by atoms with E-state index in [9.17, 15) is 13.2 Å². The van der Waals surface area contributed by atoms with Crippen molar-refractivity contribution < 1.29 is 22.7 Å². The molecule has 4 aromatic carbocycles. The van der Waals surface area contributed by atoms with Crippen LogP contribution in [0.15, 0.2) is 95.9 Å². The van der Waals surface area contributed by atoms with Crippen LogP contribution < -0.4 is 20.3 Å². The first-order chi connectivity index (χ1) is 17.7. The number of Topliss-reactive ketones (excluding diaryl/α,β-unsaturated/α-hetero) is 1. The first-order valence-electron chi connectivity index (χ1n) is 11.2. The summed E-state index contributed by atoms with van der Waals surface area (Å²) in [4.78, 5) is 13.2. The van der Waals surface area contributed by atoms with Gasteiger partial charge in [-0.15, -0.1) is 0 Å². The molecule has 196 valence electrons. The maximum atomic E-state index is 13.1. The molecule has 0 heterocycles. The number of nitrogens with two attached hydrogens (primary N) is 2. The average molecular weight is 532 g/mol. The second kappa shape index (κ2) is 11.7. The lowest BCUT2D eigenvalue weighted by atomic mass is 9.99. The first kappa shape index (κ1) is 28.1. The molecule has 0 unspecified atom stereocenters. The van der Waals surface area contributed by atoms with E-state index in [-0.39, 0.29) is 30.4 Å². The van der Waals surface area contributed by atoms with Gasteiger partial charge in [0, 0.05) is 34.7 Å². The minimum Gasteiger partial charge on any atom is -0.497 e. The zero-order valence-electron chi connectivity index (χ0n) is 20.0. The number of amidine groups is 1. The number of methoxy groups -OCH3 is 1. The van der Waals surface area contributed by atoms with Crippen LogP contribution in [0.2, 0.25) is 0 Å². The number of sulfonamides is 1. The highest BCUT2D eigenvalue weighted by molar-refractivity contribution is 7.89. The van der Waals surface area contributed by atoms with Crippen molar-refractivity contribution in [1.82, 2.24) is 0 Å². The SMILES string of the molecule is C.COc1ccc(CC(=O)c2ccc(-c3ccccc3S(N)(=O)=O)cc2)c(Oc2cccc(C(=N)N)c2)c1. The second-order valence-electron chi connectivity index (χ2n) is 8.24. The number of benzene rings is 4. The van der Waals surface area contributed by atoms with Crippen molar-refractivity contribution in [2.75, 3.05) is 7.11 Å². The number of hydrogen-bond donors (Lipinski definition) is 3. The molecule has 0 aliphatic rings. The van der Waals surface area contributed by atoms with Crippen molar-refractivity contribution in [2.24, 2.45) is 10.9 Å². The lowest BCUT2D eigenvalue weighted by molar-refractivity contribution is 0.0992. The van der Waals surface area contributed by atoms with Gasteiger partial charge in [0.15, 0.2) is 5.78 Å². The Bertz CT molecular complexity index is 1580. The summed E-state index contributed by atoms with van der Waals surface area (Å²) in [5.41, 5.74) is 8.28. The van der Waals surface area contributed by atoms with E-state index in [0.29, 0.717) is 45.1 Å². The predicted octanol–water partition coefficient (Wildman–Crippen LogP) is 5.15. The van der Waals surface area contributed by atoms with Crippen LogP contribution in [0.3, 0.4) is 0 Å². The van der Waals surface area contributed by atoms with Gasteiger partial charge in [0.05, 0.1) is 12.0 Å². The zero-order chi connectivity index (χ0) is 26.6. The molecule has 9 heteroatoms. The van der Waals surface area contributed by atoms with E-state index in [1.54, 1.807) is 84.9 Å². The topological polar surface area (TPSA) is 146 Å². The zero-order valence-corrected chi connectivity index (χ0v) is 20.8. The molecule has 0 bridgehead atoms.